The van der Waals surface area contributed by atoms with Crippen molar-refractivity contribution in [3.63, 3.8) is 0 Å². The lowest BCUT2D eigenvalue weighted by Gasteiger charge is -2.26. The lowest BCUT2D eigenvalue weighted by Crippen LogP contribution is -2.61. The van der Waals surface area contributed by atoms with Crippen LogP contribution in [-0.2, 0) is 8.85 Å². The van der Waals surface area contributed by atoms with Gasteiger partial charge in [-0.1, -0.05) is 0 Å². The minimum Gasteiger partial charge on any atom is -0.395 e. The van der Waals surface area contributed by atoms with Crippen LogP contribution in [-0.4, -0.2) is 27.8 Å². The van der Waals surface area contributed by atoms with Crippen LogP contribution in [0.2, 0.25) is 0 Å². The largest absolute Gasteiger partial charge is 0.395 e. The second kappa shape index (κ2) is 4.84. The van der Waals surface area contributed by atoms with E-state index in [1.807, 2.05) is 13.8 Å². The van der Waals surface area contributed by atoms with Crippen molar-refractivity contribution < 1.29 is 8.85 Å². The summed E-state index contributed by atoms with van der Waals surface area (Å²) in [6.45, 7) is 6.77. The molecule has 0 aromatic rings. The Labute approximate surface area is 69.7 Å². The van der Waals surface area contributed by atoms with Gasteiger partial charge in [0.15, 0.2) is 0 Å². The monoisotopic (exact) mass is 178 g/mol. The molecule has 0 aliphatic rings. The third-order valence-corrected chi connectivity index (χ3v) is 3.43. The van der Waals surface area contributed by atoms with Gasteiger partial charge in [-0.05, 0) is 20.8 Å². The van der Waals surface area contributed by atoms with Gasteiger partial charge in [0, 0.05) is 13.2 Å². The van der Waals surface area contributed by atoms with Gasteiger partial charge in [-0.2, -0.15) is 0 Å². The quantitative estimate of drug-likeness (QED) is 0.438. The van der Waals surface area contributed by atoms with E-state index in [9.17, 15) is 0 Å². The van der Waals surface area contributed by atoms with E-state index in [0.29, 0.717) is 13.2 Å². The van der Waals surface area contributed by atoms with Crippen LogP contribution in [0, 0.1) is 0 Å². The van der Waals surface area contributed by atoms with Gasteiger partial charge in [-0.25, -0.2) is 0 Å². The smallest absolute Gasteiger partial charge is 0.356 e. The normalized spacial score (nSPS) is 12.5. The van der Waals surface area contributed by atoms with Crippen LogP contribution in [0.1, 0.15) is 20.8 Å². The highest BCUT2D eigenvalue weighted by Gasteiger charge is 2.30. The average molecular weight is 178 g/mol. The Morgan fingerprint density at radius 3 is 1.73 bits per heavy atom. The van der Waals surface area contributed by atoms with Crippen LogP contribution in [0.3, 0.4) is 0 Å². The highest BCUT2D eigenvalue weighted by atomic mass is 28.3. The molecule has 4 N–H and O–H groups in total. The van der Waals surface area contributed by atoms with E-state index in [1.165, 1.54) is 0 Å². The molecule has 0 saturated carbocycles. The molecule has 0 aromatic heterocycles. The zero-order chi connectivity index (χ0) is 8.91. The Morgan fingerprint density at radius 1 is 1.18 bits per heavy atom. The van der Waals surface area contributed by atoms with Gasteiger partial charge in [0.05, 0.1) is 0 Å². The van der Waals surface area contributed by atoms with Gasteiger partial charge in [0.2, 0.25) is 0 Å². The van der Waals surface area contributed by atoms with Gasteiger partial charge in [-0.15, -0.1) is 0 Å². The summed E-state index contributed by atoms with van der Waals surface area (Å²) < 4.78 is 10.6. The first-order valence-electron chi connectivity index (χ1n) is 3.83. The maximum atomic E-state index is 5.64. The first kappa shape index (κ1) is 11.1. The van der Waals surface area contributed by atoms with E-state index in [1.54, 1.807) is 6.92 Å². The summed E-state index contributed by atoms with van der Waals surface area (Å²) in [7, 11) is -1.87. The lowest BCUT2D eigenvalue weighted by atomic mass is 10.6. The summed E-state index contributed by atoms with van der Waals surface area (Å²) >= 11 is 0. The van der Waals surface area contributed by atoms with E-state index in [2.05, 4.69) is 0 Å². The van der Waals surface area contributed by atoms with E-state index < -0.39 is 14.6 Å². The van der Waals surface area contributed by atoms with Gasteiger partial charge < -0.3 is 20.3 Å². The Hall–Kier alpha value is 0.0569. The predicted octanol–water partition coefficient (Wildman–Crippen LogP) is -0.547. The Balaban J connectivity index is 3.88. The summed E-state index contributed by atoms with van der Waals surface area (Å²) in [4.78, 5) is 0. The molecule has 0 amide bonds. The van der Waals surface area contributed by atoms with Crippen LogP contribution in [0.4, 0.5) is 0 Å². The van der Waals surface area contributed by atoms with Crippen molar-refractivity contribution in [2.75, 3.05) is 13.2 Å². The topological polar surface area (TPSA) is 70.5 Å². The lowest BCUT2D eigenvalue weighted by molar-refractivity contribution is 0.190. The molecule has 0 aromatic carbocycles. The second-order valence-corrected chi connectivity index (χ2v) is 5.18. The molecular formula is C6H18N2O2Si. The van der Waals surface area contributed by atoms with Crippen LogP contribution in [0.25, 0.3) is 0 Å². The highest BCUT2D eigenvalue weighted by molar-refractivity contribution is 6.48. The van der Waals surface area contributed by atoms with Crippen molar-refractivity contribution in [3.8, 4) is 0 Å². The predicted molar refractivity (Wildman–Crippen MR) is 47.2 cm³/mol. The fraction of sp³-hybridized carbons (Fsp3) is 1.00. The van der Waals surface area contributed by atoms with Crippen molar-refractivity contribution in [2.24, 2.45) is 11.5 Å². The molecular weight excluding hydrogens is 160 g/mol. The van der Waals surface area contributed by atoms with E-state index in [0.717, 1.165) is 0 Å². The molecule has 68 valence electrons. The van der Waals surface area contributed by atoms with E-state index in [-0.39, 0.29) is 0 Å². The first-order valence-corrected chi connectivity index (χ1v) is 5.35. The van der Waals surface area contributed by atoms with Crippen LogP contribution in [0.15, 0.2) is 0 Å². The van der Waals surface area contributed by atoms with Crippen molar-refractivity contribution in [2.45, 2.75) is 26.1 Å². The fourth-order valence-corrected chi connectivity index (χ4v) is 2.13. The molecule has 0 atom stereocenters. The van der Waals surface area contributed by atoms with Gasteiger partial charge in [-0.3, -0.25) is 0 Å². The van der Waals surface area contributed by atoms with E-state index >= 15 is 0 Å². The molecule has 11 heavy (non-hydrogen) atoms. The van der Waals surface area contributed by atoms with Crippen molar-refractivity contribution in [1.29, 1.82) is 0 Å². The molecule has 0 rings (SSSR count). The summed E-state index contributed by atoms with van der Waals surface area (Å²) in [5, 5.41) is -0.786. The van der Waals surface area contributed by atoms with Crippen LogP contribution >= 0.6 is 0 Å². The zero-order valence-electron chi connectivity index (χ0n) is 7.46. The first-order chi connectivity index (χ1) is 5.02. The minimum absolute atomic E-state index is 0.612. The standard InChI is InChI=1S/C6H18N2O2Si/c1-4-9-11(10-5-2)6(3,7)8/h11H,4-5,7-8H2,1-3H3. The van der Waals surface area contributed by atoms with Gasteiger partial charge in [0.25, 0.3) is 0 Å². The van der Waals surface area contributed by atoms with Gasteiger partial charge in [0.1, 0.15) is 5.29 Å². The number of rotatable bonds is 5. The average Bonchev–Trinajstić information content (AvgIpc) is 1.85. The zero-order valence-corrected chi connectivity index (χ0v) is 8.62. The summed E-state index contributed by atoms with van der Waals surface area (Å²) in [6.07, 6.45) is 0. The van der Waals surface area contributed by atoms with E-state index in [4.69, 9.17) is 20.3 Å². The maximum Gasteiger partial charge on any atom is 0.356 e. The Bertz CT molecular complexity index is 99.2. The number of hydrogen-bond donors (Lipinski definition) is 2. The molecule has 0 spiro atoms. The molecule has 0 unspecified atom stereocenters. The molecule has 0 heterocycles. The summed E-state index contributed by atoms with van der Waals surface area (Å²) in [5.41, 5.74) is 11.3. The third kappa shape index (κ3) is 4.49. The molecule has 0 aliphatic heterocycles. The molecule has 0 fully saturated rings. The van der Waals surface area contributed by atoms with Gasteiger partial charge >= 0.3 is 9.28 Å². The van der Waals surface area contributed by atoms with Crippen molar-refractivity contribution >= 4 is 9.28 Å². The SMILES string of the molecule is CCO[SiH](OCC)C(C)(N)N. The Kier molecular flexibility index (Phi) is 4.86. The molecule has 0 saturated heterocycles. The summed E-state index contributed by atoms with van der Waals surface area (Å²) in [6, 6.07) is 0. The van der Waals surface area contributed by atoms with Crippen molar-refractivity contribution in [3.05, 3.63) is 0 Å². The van der Waals surface area contributed by atoms with Crippen LogP contribution in [0.5, 0.6) is 0 Å². The third-order valence-electron chi connectivity index (χ3n) is 1.14. The highest BCUT2D eigenvalue weighted by Crippen LogP contribution is 2.00. The molecule has 0 bridgehead atoms. The molecule has 0 aliphatic carbocycles. The molecule has 5 heteroatoms. The Morgan fingerprint density at radius 2 is 1.55 bits per heavy atom. The number of hydrogen-bond acceptors (Lipinski definition) is 4. The maximum absolute atomic E-state index is 5.64. The fourth-order valence-electron chi connectivity index (χ4n) is 0.710. The summed E-state index contributed by atoms with van der Waals surface area (Å²) in [5.74, 6) is 0. The van der Waals surface area contributed by atoms with Crippen molar-refractivity contribution in [1.82, 2.24) is 0 Å². The minimum atomic E-state index is -1.87. The second-order valence-electron chi connectivity index (χ2n) is 2.61. The number of nitrogens with two attached hydrogens (primary N) is 2. The molecule has 0 radical (unpaired) electrons. The molecule has 4 nitrogen and oxygen atoms in total. The van der Waals surface area contributed by atoms with Crippen LogP contribution < -0.4 is 11.5 Å².